The number of hydrogen-bond acceptors (Lipinski definition) is 3. The molecule has 0 saturated carbocycles. The van der Waals surface area contributed by atoms with Gasteiger partial charge in [-0.15, -0.1) is 0 Å². The van der Waals surface area contributed by atoms with Gasteiger partial charge in [0.1, 0.15) is 0 Å². The Kier molecular flexibility index (Phi) is 3.36. The second kappa shape index (κ2) is 4.35. The van der Waals surface area contributed by atoms with Crippen LogP contribution in [0.25, 0.3) is 0 Å². The number of methoxy groups -OCH3 is 1. The Bertz CT molecular complexity index is 343. The molecule has 1 rings (SSSR count). The first-order chi connectivity index (χ1) is 7.03. The molecule has 0 aliphatic heterocycles. The molecule has 1 aromatic carbocycles. The molecule has 3 nitrogen and oxygen atoms in total. The highest BCUT2D eigenvalue weighted by atomic mass is 19.3. The van der Waals surface area contributed by atoms with Crippen LogP contribution in [-0.2, 0) is 15.1 Å². The van der Waals surface area contributed by atoms with Crippen LogP contribution in [0.2, 0.25) is 0 Å². The smallest absolute Gasteiger partial charge is 0.336 e. The van der Waals surface area contributed by atoms with Crippen molar-refractivity contribution in [2.75, 3.05) is 7.11 Å². The lowest BCUT2D eigenvalue weighted by Gasteiger charge is -2.25. The number of esters is 1. The highest BCUT2D eigenvalue weighted by Crippen LogP contribution is 2.26. The molecule has 0 saturated heterocycles. The van der Waals surface area contributed by atoms with Crippen molar-refractivity contribution >= 4 is 5.97 Å². The highest BCUT2D eigenvalue weighted by molar-refractivity contribution is 5.82. The molecule has 0 aromatic heterocycles. The van der Waals surface area contributed by atoms with Crippen LogP contribution in [0.15, 0.2) is 30.3 Å². The van der Waals surface area contributed by atoms with Gasteiger partial charge in [-0.25, -0.2) is 13.6 Å². The van der Waals surface area contributed by atoms with Crippen LogP contribution in [0, 0.1) is 0 Å². The molecule has 1 unspecified atom stereocenters. The van der Waals surface area contributed by atoms with Gasteiger partial charge in [0.2, 0.25) is 5.54 Å². The number of halogens is 2. The van der Waals surface area contributed by atoms with Crippen molar-refractivity contribution in [3.8, 4) is 0 Å². The maximum atomic E-state index is 12.8. The Morgan fingerprint density at radius 1 is 1.40 bits per heavy atom. The molecule has 0 spiro atoms. The SMILES string of the molecule is COC(=O)C(N)(c1ccccc1)C(F)F. The maximum Gasteiger partial charge on any atom is 0.336 e. The molecule has 1 atom stereocenters. The van der Waals surface area contributed by atoms with Crippen molar-refractivity contribution < 1.29 is 18.3 Å². The molecule has 2 N–H and O–H groups in total. The van der Waals surface area contributed by atoms with Crippen LogP contribution >= 0.6 is 0 Å². The minimum atomic E-state index is -3.02. The summed E-state index contributed by atoms with van der Waals surface area (Å²) in [4.78, 5) is 11.2. The van der Waals surface area contributed by atoms with Gasteiger partial charge in [0.05, 0.1) is 7.11 Å². The van der Waals surface area contributed by atoms with Gasteiger partial charge in [-0.2, -0.15) is 0 Å². The van der Waals surface area contributed by atoms with E-state index in [0.717, 1.165) is 7.11 Å². The summed E-state index contributed by atoms with van der Waals surface area (Å²) >= 11 is 0. The first-order valence-electron chi connectivity index (χ1n) is 4.24. The van der Waals surface area contributed by atoms with E-state index in [9.17, 15) is 13.6 Å². The Balaban J connectivity index is 3.19. The van der Waals surface area contributed by atoms with Gasteiger partial charge >= 0.3 is 5.97 Å². The molecule has 15 heavy (non-hydrogen) atoms. The monoisotopic (exact) mass is 215 g/mol. The summed E-state index contributed by atoms with van der Waals surface area (Å²) in [6.45, 7) is 0. The summed E-state index contributed by atoms with van der Waals surface area (Å²) in [6, 6.07) is 7.43. The van der Waals surface area contributed by atoms with E-state index in [1.54, 1.807) is 6.07 Å². The number of alkyl halides is 2. The number of benzene rings is 1. The predicted molar refractivity (Wildman–Crippen MR) is 50.3 cm³/mol. The zero-order valence-electron chi connectivity index (χ0n) is 8.11. The average Bonchev–Trinajstić information content (AvgIpc) is 2.27. The molecule has 0 radical (unpaired) electrons. The molecular weight excluding hydrogens is 204 g/mol. The molecule has 0 aliphatic rings. The largest absolute Gasteiger partial charge is 0.467 e. The number of carbonyl (C=O) groups is 1. The van der Waals surface area contributed by atoms with Gasteiger partial charge in [0.15, 0.2) is 0 Å². The highest BCUT2D eigenvalue weighted by Gasteiger charge is 2.46. The van der Waals surface area contributed by atoms with E-state index in [4.69, 9.17) is 5.73 Å². The van der Waals surface area contributed by atoms with Gasteiger partial charge in [-0.05, 0) is 5.56 Å². The van der Waals surface area contributed by atoms with Gasteiger partial charge < -0.3 is 10.5 Å². The second-order valence-corrected chi connectivity index (χ2v) is 3.03. The number of carbonyl (C=O) groups excluding carboxylic acids is 1. The third-order valence-electron chi connectivity index (χ3n) is 2.12. The lowest BCUT2D eigenvalue weighted by molar-refractivity contribution is -0.154. The first kappa shape index (κ1) is 11.6. The molecule has 5 heteroatoms. The predicted octanol–water partition coefficient (Wildman–Crippen LogP) is 1.28. The third kappa shape index (κ3) is 1.97. The molecule has 0 fully saturated rings. The topological polar surface area (TPSA) is 52.3 Å². The Morgan fingerprint density at radius 2 is 1.93 bits per heavy atom. The van der Waals surface area contributed by atoms with Crippen molar-refractivity contribution in [1.82, 2.24) is 0 Å². The lowest BCUT2D eigenvalue weighted by Crippen LogP contribution is -2.51. The van der Waals surface area contributed by atoms with Gasteiger partial charge in [-0.1, -0.05) is 30.3 Å². The van der Waals surface area contributed by atoms with E-state index in [0.29, 0.717) is 0 Å². The van der Waals surface area contributed by atoms with Crippen LogP contribution in [-0.4, -0.2) is 19.5 Å². The van der Waals surface area contributed by atoms with E-state index < -0.39 is 17.9 Å². The number of rotatable bonds is 3. The summed E-state index contributed by atoms with van der Waals surface area (Å²) in [6.07, 6.45) is -3.02. The average molecular weight is 215 g/mol. The zero-order chi connectivity index (χ0) is 11.5. The summed E-state index contributed by atoms with van der Waals surface area (Å²) in [7, 11) is 1.02. The lowest BCUT2D eigenvalue weighted by atomic mass is 9.91. The normalized spacial score (nSPS) is 14.7. The van der Waals surface area contributed by atoms with Crippen LogP contribution in [0.4, 0.5) is 8.78 Å². The zero-order valence-corrected chi connectivity index (χ0v) is 8.11. The fourth-order valence-corrected chi connectivity index (χ4v) is 1.22. The molecule has 0 aliphatic carbocycles. The van der Waals surface area contributed by atoms with Crippen molar-refractivity contribution in [3.05, 3.63) is 35.9 Å². The van der Waals surface area contributed by atoms with E-state index in [-0.39, 0.29) is 5.56 Å². The minimum absolute atomic E-state index is 0.0341. The Labute approximate surface area is 85.8 Å². The quantitative estimate of drug-likeness (QED) is 0.773. The van der Waals surface area contributed by atoms with Crippen LogP contribution in [0.1, 0.15) is 5.56 Å². The molecular formula is C10H11F2NO2. The standard InChI is InChI=1S/C10H11F2NO2/c1-15-9(14)10(13,8(11)12)7-5-3-2-4-6-7/h2-6,8H,13H2,1H3. The Morgan fingerprint density at radius 3 is 2.33 bits per heavy atom. The summed E-state index contributed by atoms with van der Waals surface area (Å²) in [5.41, 5.74) is 3.03. The molecule has 1 aromatic rings. The maximum absolute atomic E-state index is 12.8. The van der Waals surface area contributed by atoms with Gasteiger partial charge in [0.25, 0.3) is 6.43 Å². The van der Waals surface area contributed by atoms with E-state index in [1.165, 1.54) is 24.3 Å². The van der Waals surface area contributed by atoms with Gasteiger partial charge in [0, 0.05) is 0 Å². The first-order valence-corrected chi connectivity index (χ1v) is 4.24. The molecule has 0 heterocycles. The fraction of sp³-hybridized carbons (Fsp3) is 0.300. The Hall–Kier alpha value is -1.49. The molecule has 0 bridgehead atoms. The van der Waals surface area contributed by atoms with E-state index in [2.05, 4.69) is 4.74 Å². The van der Waals surface area contributed by atoms with Crippen molar-refractivity contribution in [1.29, 1.82) is 0 Å². The van der Waals surface area contributed by atoms with Crippen LogP contribution in [0.3, 0.4) is 0 Å². The minimum Gasteiger partial charge on any atom is -0.467 e. The van der Waals surface area contributed by atoms with Gasteiger partial charge in [-0.3, -0.25) is 0 Å². The summed E-state index contributed by atoms with van der Waals surface area (Å²) in [5, 5.41) is 0. The summed E-state index contributed by atoms with van der Waals surface area (Å²) in [5.74, 6) is -1.15. The third-order valence-corrected chi connectivity index (χ3v) is 2.12. The van der Waals surface area contributed by atoms with Crippen LogP contribution in [0.5, 0.6) is 0 Å². The molecule has 82 valence electrons. The van der Waals surface area contributed by atoms with E-state index >= 15 is 0 Å². The second-order valence-electron chi connectivity index (χ2n) is 3.03. The molecule has 0 amide bonds. The summed E-state index contributed by atoms with van der Waals surface area (Å²) < 4.78 is 29.8. The van der Waals surface area contributed by atoms with Crippen molar-refractivity contribution in [3.63, 3.8) is 0 Å². The number of nitrogens with two attached hydrogens (primary N) is 1. The van der Waals surface area contributed by atoms with E-state index in [1.807, 2.05) is 0 Å². The van der Waals surface area contributed by atoms with Crippen molar-refractivity contribution in [2.45, 2.75) is 12.0 Å². The van der Waals surface area contributed by atoms with Crippen molar-refractivity contribution in [2.24, 2.45) is 5.73 Å². The number of ether oxygens (including phenoxy) is 1. The number of hydrogen-bond donors (Lipinski definition) is 1. The fourth-order valence-electron chi connectivity index (χ4n) is 1.22. The van der Waals surface area contributed by atoms with Crippen LogP contribution < -0.4 is 5.73 Å².